The van der Waals surface area contributed by atoms with Crippen LogP contribution in [-0.4, -0.2) is 51.2 Å². The summed E-state index contributed by atoms with van der Waals surface area (Å²) in [6, 6.07) is 8.65. The highest BCUT2D eigenvalue weighted by molar-refractivity contribution is 7.89. The van der Waals surface area contributed by atoms with Gasteiger partial charge in [-0.25, -0.2) is 12.7 Å². The van der Waals surface area contributed by atoms with Gasteiger partial charge in [-0.1, -0.05) is 6.07 Å². The average Bonchev–Trinajstić information content (AvgIpc) is 2.60. The van der Waals surface area contributed by atoms with Crippen LogP contribution in [0.4, 0.5) is 5.69 Å². The smallest absolute Gasteiger partial charge is 0.228 e. The second kappa shape index (κ2) is 8.24. The first-order valence-corrected chi connectivity index (χ1v) is 9.35. The fourth-order valence-corrected chi connectivity index (χ4v) is 4.09. The van der Waals surface area contributed by atoms with Crippen molar-refractivity contribution in [1.29, 1.82) is 5.26 Å². The first-order chi connectivity index (χ1) is 11.5. The summed E-state index contributed by atoms with van der Waals surface area (Å²) >= 11 is 0. The molecule has 1 aromatic rings. The molecule has 24 heavy (non-hydrogen) atoms. The van der Waals surface area contributed by atoms with Crippen molar-refractivity contribution < 1.29 is 17.9 Å². The molecule has 1 amide bonds. The van der Waals surface area contributed by atoms with Crippen LogP contribution in [0, 0.1) is 17.2 Å². The predicted octanol–water partition coefficient (Wildman–Crippen LogP) is 1.18. The Hall–Kier alpha value is -1.95. The lowest BCUT2D eigenvalue weighted by Gasteiger charge is -2.31. The molecule has 1 unspecified atom stereocenters. The highest BCUT2D eigenvalue weighted by Gasteiger charge is 2.32. The number of nitrogens with zero attached hydrogens (tertiary/aromatic N) is 2. The molecule has 0 aliphatic carbocycles. The number of nitrogens with one attached hydrogen (secondary N) is 1. The fourth-order valence-electron chi connectivity index (χ4n) is 2.64. The minimum atomic E-state index is -3.41. The van der Waals surface area contributed by atoms with Crippen molar-refractivity contribution in [3.63, 3.8) is 0 Å². The van der Waals surface area contributed by atoms with Gasteiger partial charge in [-0.2, -0.15) is 5.26 Å². The highest BCUT2D eigenvalue weighted by atomic mass is 32.2. The van der Waals surface area contributed by atoms with Gasteiger partial charge in [0.05, 0.1) is 29.9 Å². The Morgan fingerprint density at radius 1 is 1.50 bits per heavy atom. The van der Waals surface area contributed by atoms with Crippen molar-refractivity contribution in [3.05, 3.63) is 29.8 Å². The van der Waals surface area contributed by atoms with Crippen molar-refractivity contribution in [2.45, 2.75) is 12.8 Å². The van der Waals surface area contributed by atoms with Crippen LogP contribution in [0.2, 0.25) is 0 Å². The topological polar surface area (TPSA) is 99.5 Å². The van der Waals surface area contributed by atoms with E-state index in [0.717, 1.165) is 0 Å². The molecule has 0 radical (unpaired) electrons. The van der Waals surface area contributed by atoms with Crippen molar-refractivity contribution in [1.82, 2.24) is 4.31 Å². The van der Waals surface area contributed by atoms with Gasteiger partial charge in [-0.15, -0.1) is 0 Å². The van der Waals surface area contributed by atoms with Gasteiger partial charge in [0.25, 0.3) is 0 Å². The van der Waals surface area contributed by atoms with Crippen molar-refractivity contribution in [2.75, 3.05) is 37.9 Å². The summed E-state index contributed by atoms with van der Waals surface area (Å²) in [6.45, 7) is 0.742. The zero-order chi connectivity index (χ0) is 17.6. The predicted molar refractivity (Wildman–Crippen MR) is 89.7 cm³/mol. The van der Waals surface area contributed by atoms with E-state index < -0.39 is 15.9 Å². The molecule has 0 saturated carbocycles. The molecular weight excluding hydrogens is 330 g/mol. The largest absolute Gasteiger partial charge is 0.384 e. The minimum absolute atomic E-state index is 0.0813. The van der Waals surface area contributed by atoms with Gasteiger partial charge < -0.3 is 10.1 Å². The van der Waals surface area contributed by atoms with Gasteiger partial charge in [0.1, 0.15) is 0 Å². The second-order valence-electron chi connectivity index (χ2n) is 5.69. The molecule has 1 aromatic carbocycles. The molecule has 7 nitrogen and oxygen atoms in total. The Morgan fingerprint density at radius 2 is 2.29 bits per heavy atom. The van der Waals surface area contributed by atoms with Crippen LogP contribution < -0.4 is 5.32 Å². The molecule has 0 aromatic heterocycles. The molecular formula is C16H21N3O4S. The van der Waals surface area contributed by atoms with Crippen LogP contribution in [0.25, 0.3) is 0 Å². The summed E-state index contributed by atoms with van der Waals surface area (Å²) in [5.74, 6) is -0.708. The standard InChI is InChI=1S/C16H21N3O4S/c1-23-8-9-24(21,22)19-7-3-5-14(12-19)16(20)18-15-6-2-4-13(10-15)11-17/h2,4,6,10,14H,3,5,7-9,12H2,1H3,(H,18,20). The first-order valence-electron chi connectivity index (χ1n) is 7.74. The number of carbonyl (C=O) groups excluding carboxylic acids is 1. The average molecular weight is 351 g/mol. The molecule has 1 aliphatic heterocycles. The van der Waals surface area contributed by atoms with E-state index in [1.165, 1.54) is 11.4 Å². The molecule has 8 heteroatoms. The Balaban J connectivity index is 2.01. The first kappa shape index (κ1) is 18.4. The van der Waals surface area contributed by atoms with E-state index in [9.17, 15) is 13.2 Å². The van der Waals surface area contributed by atoms with Crippen molar-refractivity contribution in [3.8, 4) is 6.07 Å². The maximum absolute atomic E-state index is 12.4. The minimum Gasteiger partial charge on any atom is -0.384 e. The summed E-state index contributed by atoms with van der Waals surface area (Å²) in [5.41, 5.74) is 0.999. The number of sulfonamides is 1. The maximum Gasteiger partial charge on any atom is 0.228 e. The third-order valence-corrected chi connectivity index (χ3v) is 5.75. The molecule has 1 fully saturated rings. The van der Waals surface area contributed by atoms with Crippen LogP contribution >= 0.6 is 0 Å². The van der Waals surface area contributed by atoms with Gasteiger partial charge in [0.2, 0.25) is 15.9 Å². The third-order valence-electron chi connectivity index (χ3n) is 3.95. The Labute approximate surface area is 142 Å². The number of benzene rings is 1. The molecule has 1 saturated heterocycles. The fraction of sp³-hybridized carbons (Fsp3) is 0.500. The number of piperidine rings is 1. The number of methoxy groups -OCH3 is 1. The Kier molecular flexibility index (Phi) is 6.31. The molecule has 1 atom stereocenters. The van der Waals surface area contributed by atoms with Gasteiger partial charge in [0, 0.05) is 25.9 Å². The lowest BCUT2D eigenvalue weighted by Crippen LogP contribution is -2.45. The normalized spacial score (nSPS) is 18.8. The number of ether oxygens (including phenoxy) is 1. The van der Waals surface area contributed by atoms with Crippen LogP contribution in [0.15, 0.2) is 24.3 Å². The van der Waals surface area contributed by atoms with E-state index >= 15 is 0 Å². The second-order valence-corrected chi connectivity index (χ2v) is 7.78. The molecule has 1 heterocycles. The van der Waals surface area contributed by atoms with E-state index in [1.807, 2.05) is 6.07 Å². The summed E-state index contributed by atoms with van der Waals surface area (Å²) < 4.78 is 30.7. The van der Waals surface area contributed by atoms with Gasteiger partial charge in [0.15, 0.2) is 0 Å². The van der Waals surface area contributed by atoms with E-state index in [-0.39, 0.29) is 24.8 Å². The van der Waals surface area contributed by atoms with Crippen LogP contribution in [-0.2, 0) is 19.6 Å². The van der Waals surface area contributed by atoms with E-state index in [2.05, 4.69) is 5.32 Å². The maximum atomic E-state index is 12.4. The summed E-state index contributed by atoms with van der Waals surface area (Å²) in [7, 11) is -1.95. The van der Waals surface area contributed by atoms with Crippen molar-refractivity contribution >= 4 is 21.6 Å². The van der Waals surface area contributed by atoms with Gasteiger partial charge >= 0.3 is 0 Å². The van der Waals surface area contributed by atoms with E-state index in [4.69, 9.17) is 10.00 Å². The molecule has 0 bridgehead atoms. The Morgan fingerprint density at radius 3 is 3.00 bits per heavy atom. The number of amides is 1. The molecule has 1 aliphatic rings. The quantitative estimate of drug-likeness (QED) is 0.830. The van der Waals surface area contributed by atoms with Gasteiger partial charge in [-0.05, 0) is 31.0 Å². The van der Waals surface area contributed by atoms with Crippen LogP contribution in [0.5, 0.6) is 0 Å². The molecule has 2 rings (SSSR count). The SMILES string of the molecule is COCCS(=O)(=O)N1CCCC(C(=O)Nc2cccc(C#N)c2)C1. The Bertz CT molecular complexity index is 727. The third kappa shape index (κ3) is 4.77. The van der Waals surface area contributed by atoms with Crippen LogP contribution in [0.3, 0.4) is 0 Å². The van der Waals surface area contributed by atoms with E-state index in [0.29, 0.717) is 30.6 Å². The molecule has 130 valence electrons. The summed E-state index contributed by atoms with van der Waals surface area (Å²) in [4.78, 5) is 12.4. The molecule has 0 spiro atoms. The number of nitriles is 1. The monoisotopic (exact) mass is 351 g/mol. The zero-order valence-electron chi connectivity index (χ0n) is 13.6. The number of hydrogen-bond acceptors (Lipinski definition) is 5. The number of rotatable bonds is 6. The molecule has 1 N–H and O–H groups in total. The number of anilines is 1. The summed E-state index contributed by atoms with van der Waals surface area (Å²) in [5, 5.41) is 11.7. The lowest BCUT2D eigenvalue weighted by atomic mass is 9.98. The van der Waals surface area contributed by atoms with E-state index in [1.54, 1.807) is 24.3 Å². The number of hydrogen-bond donors (Lipinski definition) is 1. The zero-order valence-corrected chi connectivity index (χ0v) is 14.4. The summed E-state index contributed by atoms with van der Waals surface area (Å²) in [6.07, 6.45) is 1.28. The lowest BCUT2D eigenvalue weighted by molar-refractivity contribution is -0.120. The highest BCUT2D eigenvalue weighted by Crippen LogP contribution is 2.21. The number of carbonyl (C=O) groups is 1. The van der Waals surface area contributed by atoms with Crippen molar-refractivity contribution in [2.24, 2.45) is 5.92 Å². The van der Waals surface area contributed by atoms with Gasteiger partial charge in [-0.3, -0.25) is 4.79 Å². The van der Waals surface area contributed by atoms with Crippen LogP contribution in [0.1, 0.15) is 18.4 Å².